The van der Waals surface area contributed by atoms with Crippen LogP contribution in [0.25, 0.3) is 0 Å². The average Bonchev–Trinajstić information content (AvgIpc) is 3.08. The fourth-order valence-electron chi connectivity index (χ4n) is 0.300. The van der Waals surface area contributed by atoms with E-state index in [0.29, 0.717) is 0 Å². The predicted octanol–water partition coefficient (Wildman–Crippen LogP) is -9.14. The van der Waals surface area contributed by atoms with Crippen molar-refractivity contribution in [3.63, 3.8) is 0 Å². The number of hydrogen-bond donors (Lipinski definition) is 6. The summed E-state index contributed by atoms with van der Waals surface area (Å²) in [7, 11) is -6.74. The molecule has 0 aromatic heterocycles. The van der Waals surface area contributed by atoms with Crippen molar-refractivity contribution < 1.29 is 153 Å². The molecule has 6 N–H and O–H groups in total. The third-order valence-electron chi connectivity index (χ3n) is 2.29. The van der Waals surface area contributed by atoms with Gasteiger partial charge in [-0.25, -0.2) is 0 Å². The minimum atomic E-state index is -3.37. The van der Waals surface area contributed by atoms with Crippen LogP contribution in [0.3, 0.4) is 0 Å². The van der Waals surface area contributed by atoms with Gasteiger partial charge in [-0.05, 0) is 0 Å². The molecule has 0 aliphatic rings. The van der Waals surface area contributed by atoms with Crippen molar-refractivity contribution >= 4 is 78.3 Å². The first-order valence-corrected chi connectivity index (χ1v) is 10.9. The van der Waals surface area contributed by atoms with Gasteiger partial charge in [-0.1, -0.05) is 13.8 Å². The van der Waals surface area contributed by atoms with Crippen molar-refractivity contribution in [2.45, 2.75) is 13.8 Å². The van der Waals surface area contributed by atoms with E-state index >= 15 is 0 Å². The molecule has 0 rings (SSSR count). The monoisotopic (exact) mass is 842 g/mol. The summed E-state index contributed by atoms with van der Waals surface area (Å²) in [5.41, 5.74) is -1.42. The van der Waals surface area contributed by atoms with Crippen LogP contribution in [0, 0.1) is 10.8 Å². The smallest absolute Gasteiger partial charge is 0.854 e. The standard InChI is InChI=1S/2C5H12O3.9CH2O.3Ni.2O3P/c2*1-5(2-6,3-7)4-8;9*1-2;;;;2*1-4(2)3/h2*6-8H,2-4H2,1H3;9*1H2;;;;;/q;;;;;;;;;;;3*+2;2*-3. The zero-order chi connectivity index (χ0) is 38.4. The Bertz CT molecular complexity index is 310. The topological polar surface area (TPSA) is 413 Å². The Morgan fingerprint density at radius 1 is 0.356 bits per heavy atom. The van der Waals surface area contributed by atoms with Crippen LogP contribution in [0.5, 0.6) is 0 Å². The summed E-state index contributed by atoms with van der Waals surface area (Å²) < 4.78 is 0. The quantitative estimate of drug-likeness (QED) is 0.107. The van der Waals surface area contributed by atoms with Gasteiger partial charge in [0.1, 0.15) is 61.1 Å². The molecule has 0 aliphatic carbocycles. The van der Waals surface area contributed by atoms with Crippen LogP contribution in [-0.2, 0) is 92.6 Å². The van der Waals surface area contributed by atoms with Crippen molar-refractivity contribution in [2.75, 3.05) is 39.6 Å². The molecular weight excluding hydrogens is 802 g/mol. The maximum absolute atomic E-state index is 8.48. The van der Waals surface area contributed by atoms with E-state index in [-0.39, 0.29) is 89.1 Å². The maximum Gasteiger partial charge on any atom is 2.00 e. The Morgan fingerprint density at radius 3 is 0.400 bits per heavy atom. The van der Waals surface area contributed by atoms with Crippen LogP contribution in [0.2, 0.25) is 0 Å². The predicted molar refractivity (Wildman–Crippen MR) is 137 cm³/mol. The van der Waals surface area contributed by atoms with Gasteiger partial charge in [0, 0.05) is 10.8 Å². The van der Waals surface area contributed by atoms with Crippen molar-refractivity contribution in [3.05, 3.63) is 0 Å². The molecule has 0 aliphatic heterocycles. The summed E-state index contributed by atoms with van der Waals surface area (Å²) in [6.07, 6.45) is 0. The Labute approximate surface area is 294 Å². The van der Waals surface area contributed by atoms with Crippen molar-refractivity contribution in [1.82, 2.24) is 0 Å². The largest absolute Gasteiger partial charge is 2.00 e. The summed E-state index contributed by atoms with van der Waals surface area (Å²) in [4.78, 5) is 123. The Morgan fingerprint density at radius 2 is 0.400 bits per heavy atom. The number of hydrogen-bond acceptors (Lipinski definition) is 21. The normalized spacial score (nSPS) is 6.67. The minimum Gasteiger partial charge on any atom is -0.854 e. The fraction of sp³-hybridized carbons (Fsp3) is 0.526. The van der Waals surface area contributed by atoms with Gasteiger partial charge < -0.3 is 120 Å². The van der Waals surface area contributed by atoms with Crippen LogP contribution < -0.4 is 29.4 Å². The molecule has 0 aromatic carbocycles. The van der Waals surface area contributed by atoms with Crippen LogP contribution in [0.4, 0.5) is 0 Å². The molecule has 45 heavy (non-hydrogen) atoms. The summed E-state index contributed by atoms with van der Waals surface area (Å²) in [6.45, 7) is 20.1. The molecular formula is C19H42Ni3O21P2. The second kappa shape index (κ2) is 144. The van der Waals surface area contributed by atoms with E-state index in [9.17, 15) is 0 Å². The van der Waals surface area contributed by atoms with Gasteiger partial charge in [0.25, 0.3) is 0 Å². The van der Waals surface area contributed by atoms with E-state index in [1.807, 2.05) is 61.1 Å². The molecule has 0 fully saturated rings. The van der Waals surface area contributed by atoms with Gasteiger partial charge in [-0.15, -0.1) is 0 Å². The van der Waals surface area contributed by atoms with Gasteiger partial charge in [0.05, 0.1) is 39.6 Å². The fourth-order valence-corrected chi connectivity index (χ4v) is 0.300. The van der Waals surface area contributed by atoms with Crippen LogP contribution in [0.15, 0.2) is 0 Å². The average molecular weight is 845 g/mol. The van der Waals surface area contributed by atoms with Gasteiger partial charge >= 0.3 is 49.5 Å². The summed E-state index contributed by atoms with van der Waals surface area (Å²) in [5, 5.41) is 50.8. The molecule has 0 saturated carbocycles. The molecule has 0 bridgehead atoms. The first kappa shape index (κ1) is 104. The Kier molecular flexibility index (Phi) is 331. The maximum atomic E-state index is 8.48. The molecule has 0 aromatic rings. The number of aliphatic hydroxyl groups is 6. The number of carbonyl (C=O) groups is 9. The van der Waals surface area contributed by atoms with E-state index in [4.69, 9.17) is 103 Å². The zero-order valence-corrected chi connectivity index (χ0v) is 29.0. The Balaban J connectivity index is -0.0000000152. The molecule has 0 radical (unpaired) electrons. The van der Waals surface area contributed by atoms with E-state index in [1.54, 1.807) is 13.8 Å². The number of aliphatic hydroxyl groups excluding tert-OH is 6. The molecule has 0 heterocycles. The molecule has 0 unspecified atom stereocenters. The molecule has 0 atom stereocenters. The van der Waals surface area contributed by atoms with Crippen molar-refractivity contribution in [2.24, 2.45) is 10.8 Å². The van der Waals surface area contributed by atoms with Gasteiger partial charge in [-0.3, -0.25) is 0 Å². The van der Waals surface area contributed by atoms with Gasteiger partial charge in [0.2, 0.25) is 0 Å². The molecule has 0 spiro atoms. The third kappa shape index (κ3) is 251. The molecule has 0 amide bonds. The minimum absolute atomic E-state index is 0. The molecule has 284 valence electrons. The van der Waals surface area contributed by atoms with Crippen molar-refractivity contribution in [3.8, 4) is 0 Å². The summed E-state index contributed by atoms with van der Waals surface area (Å²) in [5.74, 6) is 0. The first-order valence-electron chi connectivity index (χ1n) is 8.71. The van der Waals surface area contributed by atoms with E-state index in [1.165, 1.54) is 0 Å². The van der Waals surface area contributed by atoms with E-state index in [0.717, 1.165) is 0 Å². The van der Waals surface area contributed by atoms with Crippen molar-refractivity contribution in [1.29, 1.82) is 0 Å². The molecule has 21 nitrogen and oxygen atoms in total. The van der Waals surface area contributed by atoms with Crippen LogP contribution >= 0.6 is 17.2 Å². The molecule has 0 saturated heterocycles. The van der Waals surface area contributed by atoms with Gasteiger partial charge in [0.15, 0.2) is 0 Å². The van der Waals surface area contributed by atoms with Gasteiger partial charge in [-0.2, -0.15) is 0 Å². The first-order chi connectivity index (χ1) is 19.8. The second-order valence-electron chi connectivity index (χ2n) is 5.02. The molecule has 26 heteroatoms. The summed E-state index contributed by atoms with van der Waals surface area (Å²) >= 11 is 0. The number of carbonyl (C=O) groups excluding carboxylic acids is 9. The Hall–Kier alpha value is -1.11. The second-order valence-corrected chi connectivity index (χ2v) is 5.91. The van der Waals surface area contributed by atoms with Crippen LogP contribution in [0.1, 0.15) is 13.8 Å². The summed E-state index contributed by atoms with van der Waals surface area (Å²) in [6, 6.07) is 0. The SMILES string of the molecule is C=O.C=O.C=O.C=O.C=O.C=O.C=O.C=O.C=O.CC(CO)(CO)CO.CC(CO)(CO)CO.[Ni+2].[Ni+2].[Ni+2].[O-]P([O-])[O-].[O-]P([O-])[O-]. The zero-order valence-electron chi connectivity index (χ0n) is 24.3. The van der Waals surface area contributed by atoms with E-state index < -0.39 is 28.0 Å². The van der Waals surface area contributed by atoms with E-state index in [2.05, 4.69) is 0 Å². The third-order valence-corrected chi connectivity index (χ3v) is 2.29. The number of rotatable bonds is 6. The van der Waals surface area contributed by atoms with Crippen LogP contribution in [-0.4, -0.2) is 131 Å².